The lowest BCUT2D eigenvalue weighted by Gasteiger charge is -2.11. The van der Waals surface area contributed by atoms with Gasteiger partial charge in [0.15, 0.2) is 6.10 Å². The van der Waals surface area contributed by atoms with Crippen LogP contribution < -0.4 is 5.73 Å². The Morgan fingerprint density at radius 3 is 2.65 bits per heavy atom. The Morgan fingerprint density at radius 1 is 1.53 bits per heavy atom. The normalized spacial score (nSPS) is 11.9. The molecule has 0 amide bonds. The monoisotopic (exact) mass is 241 g/mol. The number of hydrogen-bond donors (Lipinski definition) is 2. The van der Waals surface area contributed by atoms with Crippen molar-refractivity contribution in [3.8, 4) is 0 Å². The zero-order valence-electron chi connectivity index (χ0n) is 9.14. The molecule has 1 aromatic carbocycles. The highest BCUT2D eigenvalue weighted by Gasteiger charge is 2.22. The number of carboxylic acid groups (broad SMARTS) is 1. The maximum Gasteiger partial charge on any atom is 0.345 e. The van der Waals surface area contributed by atoms with E-state index in [-0.39, 0.29) is 17.7 Å². The number of benzene rings is 1. The molecule has 1 unspecified atom stereocenters. The molecule has 0 saturated heterocycles. The first-order valence-corrected chi connectivity index (χ1v) is 4.94. The van der Waals surface area contributed by atoms with Crippen LogP contribution in [0.2, 0.25) is 0 Å². The van der Waals surface area contributed by atoms with Crippen molar-refractivity contribution < 1.29 is 23.8 Å². The maximum atomic E-state index is 13.3. The first-order chi connectivity index (χ1) is 7.95. The van der Waals surface area contributed by atoms with Gasteiger partial charge in [-0.1, -0.05) is 6.92 Å². The van der Waals surface area contributed by atoms with Gasteiger partial charge in [-0.3, -0.25) is 0 Å². The van der Waals surface area contributed by atoms with Crippen molar-refractivity contribution >= 4 is 17.6 Å². The Balaban J connectivity index is 2.86. The molecular formula is C11H12FNO4. The van der Waals surface area contributed by atoms with Crippen LogP contribution in [0.5, 0.6) is 0 Å². The first-order valence-electron chi connectivity index (χ1n) is 4.94. The third kappa shape index (κ3) is 3.17. The highest BCUT2D eigenvalue weighted by Crippen LogP contribution is 2.14. The van der Waals surface area contributed by atoms with E-state index < -0.39 is 23.9 Å². The van der Waals surface area contributed by atoms with Crippen LogP contribution in [0, 0.1) is 5.82 Å². The molecular weight excluding hydrogens is 229 g/mol. The maximum absolute atomic E-state index is 13.3. The smallest absolute Gasteiger partial charge is 0.345 e. The fourth-order valence-corrected chi connectivity index (χ4v) is 1.20. The summed E-state index contributed by atoms with van der Waals surface area (Å²) in [6, 6.07) is 3.46. The third-order valence-corrected chi connectivity index (χ3v) is 2.11. The predicted molar refractivity (Wildman–Crippen MR) is 57.9 cm³/mol. The standard InChI is InChI=1S/C11H12FNO4/c1-2-9(10(14)15)17-11(16)7-4-3-6(13)5-8(7)12/h3-5,9H,2,13H2,1H3,(H,14,15). The van der Waals surface area contributed by atoms with Gasteiger partial charge >= 0.3 is 11.9 Å². The van der Waals surface area contributed by atoms with Crippen molar-refractivity contribution in [3.63, 3.8) is 0 Å². The van der Waals surface area contributed by atoms with Crippen molar-refractivity contribution in [2.24, 2.45) is 0 Å². The van der Waals surface area contributed by atoms with Crippen LogP contribution in [-0.2, 0) is 9.53 Å². The van der Waals surface area contributed by atoms with Gasteiger partial charge in [0.05, 0.1) is 5.56 Å². The molecule has 0 aromatic heterocycles. The summed E-state index contributed by atoms with van der Waals surface area (Å²) in [5.41, 5.74) is 5.15. The van der Waals surface area contributed by atoms with Gasteiger partial charge in [-0.05, 0) is 24.6 Å². The number of nitrogens with two attached hydrogens (primary N) is 1. The lowest BCUT2D eigenvalue weighted by atomic mass is 10.2. The Labute approximate surface area is 97.0 Å². The highest BCUT2D eigenvalue weighted by atomic mass is 19.1. The van der Waals surface area contributed by atoms with E-state index in [9.17, 15) is 14.0 Å². The van der Waals surface area contributed by atoms with Crippen molar-refractivity contribution in [1.82, 2.24) is 0 Å². The van der Waals surface area contributed by atoms with Crippen molar-refractivity contribution in [1.29, 1.82) is 0 Å². The topological polar surface area (TPSA) is 89.6 Å². The molecule has 1 rings (SSSR count). The van der Waals surface area contributed by atoms with Crippen molar-refractivity contribution in [2.75, 3.05) is 5.73 Å². The fraction of sp³-hybridized carbons (Fsp3) is 0.273. The molecule has 6 heteroatoms. The summed E-state index contributed by atoms with van der Waals surface area (Å²) in [7, 11) is 0. The summed E-state index contributed by atoms with van der Waals surface area (Å²) < 4.78 is 18.0. The molecule has 92 valence electrons. The summed E-state index contributed by atoms with van der Waals surface area (Å²) in [5, 5.41) is 8.69. The second-order valence-electron chi connectivity index (χ2n) is 3.38. The number of rotatable bonds is 4. The first kappa shape index (κ1) is 13.0. The number of carboxylic acids is 1. The predicted octanol–water partition coefficient (Wildman–Crippen LogP) is 1.43. The molecule has 0 fully saturated rings. The summed E-state index contributed by atoms with van der Waals surface area (Å²) in [6.07, 6.45) is -1.17. The number of hydrogen-bond acceptors (Lipinski definition) is 4. The lowest BCUT2D eigenvalue weighted by Crippen LogP contribution is -2.26. The average Bonchev–Trinajstić information content (AvgIpc) is 2.24. The number of halogens is 1. The molecule has 17 heavy (non-hydrogen) atoms. The third-order valence-electron chi connectivity index (χ3n) is 2.11. The number of aliphatic carboxylic acids is 1. The molecule has 0 aliphatic carbocycles. The van der Waals surface area contributed by atoms with E-state index in [1.54, 1.807) is 6.92 Å². The van der Waals surface area contributed by atoms with Gasteiger partial charge in [-0.2, -0.15) is 0 Å². The number of nitrogen functional groups attached to an aromatic ring is 1. The van der Waals surface area contributed by atoms with E-state index in [1.807, 2.05) is 0 Å². The molecule has 0 bridgehead atoms. The number of carbonyl (C=O) groups excluding carboxylic acids is 1. The minimum absolute atomic E-state index is 0.109. The van der Waals surface area contributed by atoms with Crippen molar-refractivity contribution in [2.45, 2.75) is 19.4 Å². The van der Waals surface area contributed by atoms with E-state index in [0.29, 0.717) is 0 Å². The average molecular weight is 241 g/mol. The van der Waals surface area contributed by atoms with E-state index in [4.69, 9.17) is 10.8 Å². The zero-order valence-corrected chi connectivity index (χ0v) is 9.14. The largest absolute Gasteiger partial charge is 0.479 e. The molecule has 0 aliphatic heterocycles. The number of anilines is 1. The Morgan fingerprint density at radius 2 is 2.18 bits per heavy atom. The highest BCUT2D eigenvalue weighted by molar-refractivity contribution is 5.91. The van der Waals surface area contributed by atoms with Crippen molar-refractivity contribution in [3.05, 3.63) is 29.6 Å². The second-order valence-corrected chi connectivity index (χ2v) is 3.38. The van der Waals surface area contributed by atoms with Gasteiger partial charge < -0.3 is 15.6 Å². The molecule has 3 N–H and O–H groups in total. The van der Waals surface area contributed by atoms with Crippen LogP contribution in [0.3, 0.4) is 0 Å². The van der Waals surface area contributed by atoms with Crippen LogP contribution in [0.1, 0.15) is 23.7 Å². The summed E-state index contributed by atoms with van der Waals surface area (Å²) >= 11 is 0. The van der Waals surface area contributed by atoms with Crippen LogP contribution in [0.15, 0.2) is 18.2 Å². The lowest BCUT2D eigenvalue weighted by molar-refractivity contribution is -0.147. The Hall–Kier alpha value is -2.11. The molecule has 5 nitrogen and oxygen atoms in total. The van der Waals surface area contributed by atoms with Gasteiger partial charge in [0.2, 0.25) is 0 Å². The molecule has 1 atom stereocenters. The summed E-state index contributed by atoms with van der Waals surface area (Å²) in [5.74, 6) is -3.12. The van der Waals surface area contributed by atoms with Gasteiger partial charge in [-0.25, -0.2) is 14.0 Å². The molecule has 0 spiro atoms. The molecule has 0 saturated carbocycles. The van der Waals surface area contributed by atoms with Crippen LogP contribution in [0.25, 0.3) is 0 Å². The van der Waals surface area contributed by atoms with Gasteiger partial charge in [0.1, 0.15) is 5.82 Å². The molecule has 0 heterocycles. The minimum atomic E-state index is -1.28. The van der Waals surface area contributed by atoms with E-state index in [0.717, 1.165) is 12.1 Å². The molecule has 0 radical (unpaired) electrons. The number of carbonyl (C=O) groups is 2. The fourth-order valence-electron chi connectivity index (χ4n) is 1.20. The Bertz CT molecular complexity index is 447. The van der Waals surface area contributed by atoms with Gasteiger partial charge in [-0.15, -0.1) is 0 Å². The number of esters is 1. The van der Waals surface area contributed by atoms with Crippen LogP contribution in [0.4, 0.5) is 10.1 Å². The van der Waals surface area contributed by atoms with Crippen LogP contribution >= 0.6 is 0 Å². The minimum Gasteiger partial charge on any atom is -0.479 e. The quantitative estimate of drug-likeness (QED) is 0.614. The zero-order chi connectivity index (χ0) is 13.0. The van der Waals surface area contributed by atoms with E-state index in [2.05, 4.69) is 4.74 Å². The molecule has 1 aromatic rings. The van der Waals surface area contributed by atoms with Gasteiger partial charge in [0, 0.05) is 5.69 Å². The number of ether oxygens (including phenoxy) is 1. The van der Waals surface area contributed by atoms with E-state index in [1.165, 1.54) is 6.07 Å². The summed E-state index contributed by atoms with van der Waals surface area (Å²) in [6.45, 7) is 1.55. The Kier molecular flexibility index (Phi) is 4.03. The SMILES string of the molecule is CCC(OC(=O)c1ccc(N)cc1F)C(=O)O. The summed E-state index contributed by atoms with van der Waals surface area (Å²) in [4.78, 5) is 22.1. The van der Waals surface area contributed by atoms with E-state index >= 15 is 0 Å². The second kappa shape index (κ2) is 5.29. The molecule has 0 aliphatic rings. The van der Waals surface area contributed by atoms with Crippen LogP contribution in [-0.4, -0.2) is 23.1 Å². The van der Waals surface area contributed by atoms with Gasteiger partial charge in [0.25, 0.3) is 0 Å².